The molecule has 3 rings (SSSR count). The molecule has 0 aromatic heterocycles. The van der Waals surface area contributed by atoms with E-state index >= 15 is 0 Å². The van der Waals surface area contributed by atoms with Gasteiger partial charge in [0.1, 0.15) is 6.10 Å². The molecule has 0 aliphatic heterocycles. The van der Waals surface area contributed by atoms with Gasteiger partial charge in [-0.15, -0.1) is 0 Å². The van der Waals surface area contributed by atoms with Crippen LogP contribution in [-0.2, 0) is 9.53 Å². The summed E-state index contributed by atoms with van der Waals surface area (Å²) in [4.78, 5) is 10.8. The van der Waals surface area contributed by atoms with Crippen molar-refractivity contribution in [2.75, 3.05) is 7.11 Å². The number of carboxylic acid groups (broad SMARTS) is 1. The molecular formula is C23H34O5. The molecule has 156 valence electrons. The molecule has 6 atom stereocenters. The number of methoxy groups -OCH3 is 1. The Hall–Kier alpha value is -1.35. The number of aliphatic carboxylic acids is 1. The van der Waals surface area contributed by atoms with Crippen LogP contribution in [-0.4, -0.2) is 46.2 Å². The van der Waals surface area contributed by atoms with E-state index in [1.54, 1.807) is 7.11 Å². The fraction of sp³-hybridized carbons (Fsp3) is 0.783. The molecule has 5 nitrogen and oxygen atoms in total. The zero-order valence-corrected chi connectivity index (χ0v) is 17.1. The van der Waals surface area contributed by atoms with Gasteiger partial charge in [-0.05, 0) is 49.5 Å². The second kappa shape index (κ2) is 8.98. The van der Waals surface area contributed by atoms with Crippen LogP contribution in [0.1, 0.15) is 64.7 Å². The highest BCUT2D eigenvalue weighted by Crippen LogP contribution is 2.60. The Morgan fingerprint density at radius 2 is 2.04 bits per heavy atom. The monoisotopic (exact) mass is 390 g/mol. The van der Waals surface area contributed by atoms with E-state index in [2.05, 4.69) is 18.8 Å². The number of ether oxygens (including phenoxy) is 1. The maximum atomic E-state index is 10.8. The highest BCUT2D eigenvalue weighted by atomic mass is 16.5. The Bertz CT molecular complexity index is 654. The molecular weight excluding hydrogens is 356 g/mol. The van der Waals surface area contributed by atoms with Gasteiger partial charge < -0.3 is 20.1 Å². The van der Waals surface area contributed by atoms with Crippen LogP contribution in [0.15, 0.2) is 11.6 Å². The topological polar surface area (TPSA) is 87.0 Å². The summed E-state index contributed by atoms with van der Waals surface area (Å²) >= 11 is 0. The van der Waals surface area contributed by atoms with Crippen LogP contribution in [0.4, 0.5) is 0 Å². The zero-order chi connectivity index (χ0) is 20.3. The molecule has 3 N–H and O–H groups in total. The fourth-order valence-corrected chi connectivity index (χ4v) is 5.77. The van der Waals surface area contributed by atoms with E-state index in [0.29, 0.717) is 12.8 Å². The lowest BCUT2D eigenvalue weighted by molar-refractivity contribution is -0.162. The Morgan fingerprint density at radius 1 is 1.32 bits per heavy atom. The van der Waals surface area contributed by atoms with Gasteiger partial charge in [0, 0.05) is 19.4 Å². The summed E-state index contributed by atoms with van der Waals surface area (Å²) < 4.78 is 5.96. The number of aliphatic hydroxyl groups excluding tert-OH is 2. The third-order valence-electron chi connectivity index (χ3n) is 7.25. The lowest BCUT2D eigenvalue weighted by atomic mass is 9.48. The van der Waals surface area contributed by atoms with E-state index in [1.807, 2.05) is 6.08 Å². The molecule has 28 heavy (non-hydrogen) atoms. The van der Waals surface area contributed by atoms with Crippen molar-refractivity contribution < 1.29 is 24.9 Å². The van der Waals surface area contributed by atoms with Crippen LogP contribution in [0.2, 0.25) is 0 Å². The van der Waals surface area contributed by atoms with Gasteiger partial charge in [-0.25, -0.2) is 0 Å². The number of fused-ring (bicyclic) bond motifs is 1. The SMILES string of the molecule is CO[C@]12CC[C@@H](O)[C@H](C#CC(O)C3CCCCC3)[C@H]1C(C)/C2=C/CCC(=O)O. The summed E-state index contributed by atoms with van der Waals surface area (Å²) in [6.45, 7) is 2.11. The largest absolute Gasteiger partial charge is 0.481 e. The number of carboxylic acids is 1. The molecule has 3 saturated carbocycles. The lowest BCUT2D eigenvalue weighted by Crippen LogP contribution is -2.64. The second-order valence-electron chi connectivity index (χ2n) is 8.76. The minimum atomic E-state index is -0.800. The first kappa shape index (κ1) is 21.4. The van der Waals surface area contributed by atoms with Crippen LogP contribution >= 0.6 is 0 Å². The summed E-state index contributed by atoms with van der Waals surface area (Å²) in [5, 5.41) is 30.1. The summed E-state index contributed by atoms with van der Waals surface area (Å²) in [5.41, 5.74) is 0.694. The summed E-state index contributed by atoms with van der Waals surface area (Å²) in [7, 11) is 1.70. The first-order chi connectivity index (χ1) is 13.4. The van der Waals surface area contributed by atoms with Gasteiger partial charge in [0.2, 0.25) is 0 Å². The fourth-order valence-electron chi connectivity index (χ4n) is 5.77. The third kappa shape index (κ3) is 4.01. The zero-order valence-electron chi connectivity index (χ0n) is 17.1. The molecule has 0 radical (unpaired) electrons. The average Bonchev–Trinajstić information content (AvgIpc) is 2.70. The standard InChI is InChI=1S/C23H34O5/c1-15-18(9-6-10-21(26)27)23(28-2)14-13-20(25)17(22(15)23)11-12-19(24)16-7-4-3-5-8-16/h9,15-17,19-20,22,24-25H,3-8,10,13-14H2,1-2H3,(H,26,27)/b18-9-/t15?,17-,19?,20+,22+,23-/m0/s1. The Labute approximate surface area is 168 Å². The van der Waals surface area contributed by atoms with Crippen LogP contribution in [0.5, 0.6) is 0 Å². The molecule has 5 heteroatoms. The first-order valence-electron chi connectivity index (χ1n) is 10.8. The van der Waals surface area contributed by atoms with Crippen LogP contribution < -0.4 is 0 Å². The maximum Gasteiger partial charge on any atom is 0.303 e. The van der Waals surface area contributed by atoms with E-state index in [0.717, 1.165) is 37.7 Å². The molecule has 0 bridgehead atoms. The molecule has 3 aliphatic rings. The number of hydrogen-bond donors (Lipinski definition) is 3. The Kier molecular flexibility index (Phi) is 6.85. The Morgan fingerprint density at radius 3 is 2.68 bits per heavy atom. The smallest absolute Gasteiger partial charge is 0.303 e. The number of allylic oxidation sites excluding steroid dienone is 1. The van der Waals surface area contributed by atoms with Gasteiger partial charge in [0.05, 0.1) is 17.6 Å². The van der Waals surface area contributed by atoms with Crippen molar-refractivity contribution >= 4 is 5.97 Å². The van der Waals surface area contributed by atoms with E-state index in [1.165, 1.54) is 6.42 Å². The molecule has 3 fully saturated rings. The van der Waals surface area contributed by atoms with E-state index in [9.17, 15) is 15.0 Å². The highest BCUT2D eigenvalue weighted by Gasteiger charge is 2.62. The van der Waals surface area contributed by atoms with Crippen molar-refractivity contribution in [1.82, 2.24) is 0 Å². The maximum absolute atomic E-state index is 10.8. The van der Waals surface area contributed by atoms with Crippen LogP contribution in [0.25, 0.3) is 0 Å². The predicted octanol–water partition coefficient (Wildman–Crippen LogP) is 3.14. The van der Waals surface area contributed by atoms with Crippen molar-refractivity contribution in [3.8, 4) is 11.8 Å². The van der Waals surface area contributed by atoms with Crippen molar-refractivity contribution in [3.63, 3.8) is 0 Å². The third-order valence-corrected chi connectivity index (χ3v) is 7.25. The molecule has 0 amide bonds. The van der Waals surface area contributed by atoms with Gasteiger partial charge in [0.25, 0.3) is 0 Å². The predicted molar refractivity (Wildman–Crippen MR) is 106 cm³/mol. The van der Waals surface area contributed by atoms with Gasteiger partial charge in [-0.3, -0.25) is 4.79 Å². The average molecular weight is 391 g/mol. The quantitative estimate of drug-likeness (QED) is 0.496. The lowest BCUT2D eigenvalue weighted by Gasteiger charge is -2.61. The van der Waals surface area contributed by atoms with Crippen LogP contribution in [0.3, 0.4) is 0 Å². The minimum Gasteiger partial charge on any atom is -0.481 e. The minimum absolute atomic E-state index is 0.0726. The number of rotatable bonds is 5. The number of hydrogen-bond acceptors (Lipinski definition) is 4. The summed E-state index contributed by atoms with van der Waals surface area (Å²) in [6.07, 6.45) is 8.43. The molecule has 0 aromatic rings. The molecule has 0 heterocycles. The highest BCUT2D eigenvalue weighted by molar-refractivity contribution is 5.66. The summed E-state index contributed by atoms with van der Waals surface area (Å²) in [5.74, 6) is 5.79. The van der Waals surface area contributed by atoms with E-state index in [4.69, 9.17) is 9.84 Å². The molecule has 2 unspecified atom stereocenters. The van der Waals surface area contributed by atoms with E-state index < -0.39 is 23.8 Å². The van der Waals surface area contributed by atoms with Gasteiger partial charge >= 0.3 is 5.97 Å². The molecule has 0 saturated heterocycles. The first-order valence-corrected chi connectivity index (χ1v) is 10.8. The normalized spacial score (nSPS) is 38.1. The van der Waals surface area contributed by atoms with Crippen molar-refractivity contribution in [2.45, 2.75) is 82.5 Å². The van der Waals surface area contributed by atoms with Crippen molar-refractivity contribution in [3.05, 3.63) is 11.6 Å². The molecule has 0 spiro atoms. The molecule has 0 aromatic carbocycles. The van der Waals surface area contributed by atoms with Gasteiger partial charge in [0.15, 0.2) is 0 Å². The second-order valence-corrected chi connectivity index (χ2v) is 8.76. The Balaban J connectivity index is 1.76. The summed E-state index contributed by atoms with van der Waals surface area (Å²) in [6, 6.07) is 0. The van der Waals surface area contributed by atoms with Crippen molar-refractivity contribution in [1.29, 1.82) is 0 Å². The number of aliphatic hydroxyl groups is 2. The molecule has 3 aliphatic carbocycles. The van der Waals surface area contributed by atoms with E-state index in [-0.39, 0.29) is 30.1 Å². The number of carbonyl (C=O) groups is 1. The van der Waals surface area contributed by atoms with Crippen LogP contribution in [0, 0.1) is 35.5 Å². The van der Waals surface area contributed by atoms with Gasteiger partial charge in [-0.2, -0.15) is 0 Å². The van der Waals surface area contributed by atoms with Crippen molar-refractivity contribution in [2.24, 2.45) is 23.7 Å². The van der Waals surface area contributed by atoms with Gasteiger partial charge in [-0.1, -0.05) is 44.1 Å².